The summed E-state index contributed by atoms with van der Waals surface area (Å²) >= 11 is 6.06. The molecule has 0 bridgehead atoms. The summed E-state index contributed by atoms with van der Waals surface area (Å²) in [5.41, 5.74) is -0.114. The van der Waals surface area contributed by atoms with Gasteiger partial charge in [0.2, 0.25) is 0 Å². The van der Waals surface area contributed by atoms with E-state index in [-0.39, 0.29) is 29.2 Å². The quantitative estimate of drug-likeness (QED) is 0.540. The van der Waals surface area contributed by atoms with E-state index in [4.69, 9.17) is 21.6 Å². The van der Waals surface area contributed by atoms with Crippen LogP contribution < -0.4 is 0 Å². The number of rotatable bonds is 7. The number of nitro groups is 1. The summed E-state index contributed by atoms with van der Waals surface area (Å²) in [7, 11) is 0. The summed E-state index contributed by atoms with van der Waals surface area (Å²) in [6.07, 6.45) is 0.182. The van der Waals surface area contributed by atoms with Crippen molar-refractivity contribution in [2.45, 2.75) is 6.42 Å². The molecule has 1 heterocycles. The Hall–Kier alpha value is -2.21. The number of morpholine rings is 1. The highest BCUT2D eigenvalue weighted by Gasteiger charge is 2.22. The predicted molar refractivity (Wildman–Crippen MR) is 91.5 cm³/mol. The van der Waals surface area contributed by atoms with Crippen LogP contribution in [0.5, 0.6) is 0 Å². The lowest BCUT2D eigenvalue weighted by atomic mass is 10.1. The molecule has 0 aromatic heterocycles. The minimum atomic E-state index is -0.569. The number of hydrogen-bond acceptors (Lipinski definition) is 6. The van der Waals surface area contributed by atoms with Gasteiger partial charge in [0.15, 0.2) is 0 Å². The molecule has 1 aromatic rings. The van der Waals surface area contributed by atoms with Gasteiger partial charge in [0.05, 0.1) is 41.2 Å². The molecule has 0 saturated carbocycles. The maximum Gasteiger partial charge on any atom is 0.270 e. The van der Waals surface area contributed by atoms with E-state index >= 15 is 0 Å². The molecule has 1 fully saturated rings. The third kappa shape index (κ3) is 5.39. The van der Waals surface area contributed by atoms with Gasteiger partial charge >= 0.3 is 0 Å². The van der Waals surface area contributed by atoms with Crippen molar-refractivity contribution in [2.24, 2.45) is 0 Å². The molecular formula is C16H19ClN4O4. The number of amides is 1. The van der Waals surface area contributed by atoms with Gasteiger partial charge in [-0.2, -0.15) is 5.26 Å². The van der Waals surface area contributed by atoms with Crippen LogP contribution in [0.3, 0.4) is 0 Å². The Morgan fingerprint density at radius 2 is 2.12 bits per heavy atom. The van der Waals surface area contributed by atoms with Crippen LogP contribution in [0.25, 0.3) is 0 Å². The minimum absolute atomic E-state index is 0.0794. The number of nitrogens with zero attached hydrogens (tertiary/aromatic N) is 4. The standard InChI is InChI=1S/C16H19ClN4O4/c17-15-3-2-13(21(23)24)12-14(15)16(22)20(5-1-4-18)7-6-19-8-10-25-11-9-19/h2-3,12H,1,5-11H2. The van der Waals surface area contributed by atoms with Gasteiger partial charge in [0.25, 0.3) is 11.6 Å². The van der Waals surface area contributed by atoms with E-state index < -0.39 is 10.8 Å². The topological polar surface area (TPSA) is 99.7 Å². The summed E-state index contributed by atoms with van der Waals surface area (Å²) in [5.74, 6) is -0.405. The van der Waals surface area contributed by atoms with Crippen LogP contribution in [0.1, 0.15) is 16.8 Å². The van der Waals surface area contributed by atoms with Crippen LogP contribution in [-0.4, -0.2) is 66.6 Å². The molecule has 0 N–H and O–H groups in total. The summed E-state index contributed by atoms with van der Waals surface area (Å²) in [5, 5.41) is 19.9. The molecular weight excluding hydrogens is 348 g/mol. The second kappa shape index (κ2) is 9.32. The Kier molecular flexibility index (Phi) is 7.13. The fourth-order valence-electron chi connectivity index (χ4n) is 2.55. The van der Waals surface area contributed by atoms with Crippen molar-refractivity contribution in [3.8, 4) is 6.07 Å². The van der Waals surface area contributed by atoms with Gasteiger partial charge in [0.1, 0.15) is 0 Å². The number of hydrogen-bond donors (Lipinski definition) is 0. The molecule has 2 rings (SSSR count). The van der Waals surface area contributed by atoms with Crippen LogP contribution in [0.15, 0.2) is 18.2 Å². The highest BCUT2D eigenvalue weighted by atomic mass is 35.5. The molecule has 25 heavy (non-hydrogen) atoms. The van der Waals surface area contributed by atoms with Crippen LogP contribution in [0.2, 0.25) is 5.02 Å². The summed E-state index contributed by atoms with van der Waals surface area (Å²) in [6, 6.07) is 5.80. The van der Waals surface area contributed by atoms with Gasteiger partial charge in [-0.15, -0.1) is 0 Å². The number of nitriles is 1. The average Bonchev–Trinajstić information content (AvgIpc) is 2.62. The van der Waals surface area contributed by atoms with Gasteiger partial charge in [-0.3, -0.25) is 19.8 Å². The van der Waals surface area contributed by atoms with Crippen LogP contribution >= 0.6 is 11.6 Å². The smallest absolute Gasteiger partial charge is 0.270 e. The first-order chi connectivity index (χ1) is 12.0. The van der Waals surface area contributed by atoms with E-state index in [2.05, 4.69) is 4.90 Å². The van der Waals surface area contributed by atoms with Gasteiger partial charge in [-0.05, 0) is 6.07 Å². The first-order valence-corrected chi connectivity index (χ1v) is 8.31. The number of carbonyl (C=O) groups is 1. The molecule has 0 unspecified atom stereocenters. The number of benzene rings is 1. The molecule has 1 aliphatic rings. The highest BCUT2D eigenvalue weighted by Crippen LogP contribution is 2.23. The molecule has 0 spiro atoms. The Bertz CT molecular complexity index is 671. The minimum Gasteiger partial charge on any atom is -0.379 e. The van der Waals surface area contributed by atoms with Crippen LogP contribution in [-0.2, 0) is 4.74 Å². The van der Waals surface area contributed by atoms with Crippen molar-refractivity contribution in [2.75, 3.05) is 45.9 Å². The predicted octanol–water partition coefficient (Wildman–Crippen LogP) is 1.94. The molecule has 0 radical (unpaired) electrons. The third-order valence-electron chi connectivity index (χ3n) is 3.96. The zero-order chi connectivity index (χ0) is 18.2. The van der Waals surface area contributed by atoms with Crippen molar-refractivity contribution in [3.05, 3.63) is 38.9 Å². The van der Waals surface area contributed by atoms with Crippen molar-refractivity contribution >= 4 is 23.2 Å². The number of carbonyl (C=O) groups excluding carboxylic acids is 1. The molecule has 0 aliphatic carbocycles. The van der Waals surface area contributed by atoms with Gasteiger partial charge in [0, 0.05) is 44.9 Å². The molecule has 1 saturated heterocycles. The monoisotopic (exact) mass is 366 g/mol. The average molecular weight is 367 g/mol. The van der Waals surface area contributed by atoms with E-state index in [9.17, 15) is 14.9 Å². The summed E-state index contributed by atoms with van der Waals surface area (Å²) in [4.78, 5) is 26.8. The SMILES string of the molecule is N#CCCN(CCN1CCOCC1)C(=O)c1cc([N+](=O)[O-])ccc1Cl. The van der Waals surface area contributed by atoms with Crippen LogP contribution in [0, 0.1) is 21.4 Å². The molecule has 9 heteroatoms. The Balaban J connectivity index is 2.12. The van der Waals surface area contributed by atoms with Crippen molar-refractivity contribution < 1.29 is 14.5 Å². The van der Waals surface area contributed by atoms with Gasteiger partial charge in [-0.25, -0.2) is 0 Å². The van der Waals surface area contributed by atoms with E-state index in [1.165, 1.54) is 23.1 Å². The van der Waals surface area contributed by atoms with Crippen molar-refractivity contribution in [1.29, 1.82) is 5.26 Å². The van der Waals surface area contributed by atoms with Gasteiger partial charge < -0.3 is 9.64 Å². The first kappa shape index (κ1) is 19.1. The number of ether oxygens (including phenoxy) is 1. The fourth-order valence-corrected chi connectivity index (χ4v) is 2.75. The molecule has 8 nitrogen and oxygen atoms in total. The lowest BCUT2D eigenvalue weighted by Crippen LogP contribution is -2.43. The molecule has 134 valence electrons. The van der Waals surface area contributed by atoms with Gasteiger partial charge in [-0.1, -0.05) is 11.6 Å². The summed E-state index contributed by atoms with van der Waals surface area (Å²) in [6.45, 7) is 4.20. The summed E-state index contributed by atoms with van der Waals surface area (Å²) < 4.78 is 5.29. The molecule has 1 amide bonds. The first-order valence-electron chi connectivity index (χ1n) is 7.93. The Morgan fingerprint density at radius 3 is 2.76 bits per heavy atom. The molecule has 1 aromatic carbocycles. The second-order valence-corrected chi connectivity index (χ2v) is 5.98. The number of nitro benzene ring substituents is 1. The van der Waals surface area contributed by atoms with E-state index in [0.29, 0.717) is 26.3 Å². The zero-order valence-electron chi connectivity index (χ0n) is 13.7. The van der Waals surface area contributed by atoms with E-state index in [1.807, 2.05) is 6.07 Å². The maximum atomic E-state index is 12.8. The van der Waals surface area contributed by atoms with E-state index in [1.54, 1.807) is 0 Å². The highest BCUT2D eigenvalue weighted by molar-refractivity contribution is 6.33. The van der Waals surface area contributed by atoms with Crippen molar-refractivity contribution in [1.82, 2.24) is 9.80 Å². The number of non-ortho nitro benzene ring substituents is 1. The second-order valence-electron chi connectivity index (χ2n) is 5.58. The maximum absolute atomic E-state index is 12.8. The van der Waals surface area contributed by atoms with Crippen LogP contribution in [0.4, 0.5) is 5.69 Å². The Labute approximate surface area is 150 Å². The fraction of sp³-hybridized carbons (Fsp3) is 0.500. The molecule has 0 atom stereocenters. The lowest BCUT2D eigenvalue weighted by Gasteiger charge is -2.30. The van der Waals surface area contributed by atoms with Crippen molar-refractivity contribution in [3.63, 3.8) is 0 Å². The van der Waals surface area contributed by atoms with E-state index in [0.717, 1.165) is 13.1 Å². The number of halogens is 1. The molecule has 1 aliphatic heterocycles. The largest absolute Gasteiger partial charge is 0.379 e. The Morgan fingerprint density at radius 1 is 1.40 bits per heavy atom. The lowest BCUT2D eigenvalue weighted by molar-refractivity contribution is -0.384. The normalized spacial score (nSPS) is 14.7. The zero-order valence-corrected chi connectivity index (χ0v) is 14.4. The third-order valence-corrected chi connectivity index (χ3v) is 4.29.